The smallest absolute Gasteiger partial charge is 0.261 e. The van der Waals surface area contributed by atoms with Gasteiger partial charge < -0.3 is 10.4 Å². The van der Waals surface area contributed by atoms with E-state index in [4.69, 9.17) is 5.11 Å². The van der Waals surface area contributed by atoms with E-state index >= 15 is 0 Å². The SMILES string of the molecule is CC(CC1CC1)NC(=O)c1ccc(C#CCCO)s1. The molecule has 1 aliphatic rings. The minimum atomic E-state index is -0.00615. The molecule has 0 saturated heterocycles. The van der Waals surface area contributed by atoms with Crippen LogP contribution in [0.5, 0.6) is 0 Å². The molecule has 2 N–H and O–H groups in total. The zero-order valence-electron chi connectivity index (χ0n) is 11.1. The van der Waals surface area contributed by atoms with Crippen molar-refractivity contribution >= 4 is 17.2 Å². The zero-order chi connectivity index (χ0) is 13.7. The molecule has 19 heavy (non-hydrogen) atoms. The average Bonchev–Trinajstić information content (AvgIpc) is 3.05. The number of carbonyl (C=O) groups excluding carboxylic acids is 1. The van der Waals surface area contributed by atoms with Crippen molar-refractivity contribution in [1.82, 2.24) is 5.32 Å². The Morgan fingerprint density at radius 3 is 3.05 bits per heavy atom. The Bertz CT molecular complexity index is 494. The average molecular weight is 277 g/mol. The third-order valence-corrected chi connectivity index (χ3v) is 4.04. The molecule has 4 heteroatoms. The number of amides is 1. The maximum absolute atomic E-state index is 12.0. The molecule has 1 atom stereocenters. The van der Waals surface area contributed by atoms with Gasteiger partial charge in [-0.3, -0.25) is 4.79 Å². The maximum Gasteiger partial charge on any atom is 0.261 e. The highest BCUT2D eigenvalue weighted by molar-refractivity contribution is 7.14. The highest BCUT2D eigenvalue weighted by Crippen LogP contribution is 2.33. The monoisotopic (exact) mass is 277 g/mol. The number of hydrogen-bond acceptors (Lipinski definition) is 3. The Morgan fingerprint density at radius 2 is 2.37 bits per heavy atom. The van der Waals surface area contributed by atoms with Crippen molar-refractivity contribution in [3.05, 3.63) is 21.9 Å². The van der Waals surface area contributed by atoms with Crippen LogP contribution in [0.1, 0.15) is 47.2 Å². The van der Waals surface area contributed by atoms with Crippen LogP contribution in [0, 0.1) is 17.8 Å². The van der Waals surface area contributed by atoms with Gasteiger partial charge in [-0.05, 0) is 31.4 Å². The summed E-state index contributed by atoms with van der Waals surface area (Å²) in [6.07, 6.45) is 4.17. The molecule has 1 aromatic heterocycles. The van der Waals surface area contributed by atoms with Gasteiger partial charge in [-0.15, -0.1) is 11.3 Å². The summed E-state index contributed by atoms with van der Waals surface area (Å²) in [6.45, 7) is 2.14. The molecule has 1 aromatic rings. The number of carbonyl (C=O) groups is 1. The first-order valence-electron chi connectivity index (χ1n) is 6.69. The predicted octanol–water partition coefficient (Wildman–Crippen LogP) is 2.40. The first-order chi connectivity index (χ1) is 9.19. The van der Waals surface area contributed by atoms with Crippen molar-refractivity contribution in [1.29, 1.82) is 0 Å². The fourth-order valence-corrected chi connectivity index (χ4v) is 2.72. The van der Waals surface area contributed by atoms with Gasteiger partial charge in [0.1, 0.15) is 0 Å². The largest absolute Gasteiger partial charge is 0.395 e. The van der Waals surface area contributed by atoms with Crippen LogP contribution in [0.3, 0.4) is 0 Å². The molecule has 1 unspecified atom stereocenters. The summed E-state index contributed by atoms with van der Waals surface area (Å²) in [5.74, 6) is 6.61. The molecule has 2 rings (SSSR count). The number of rotatable bonds is 5. The number of thiophene rings is 1. The zero-order valence-corrected chi connectivity index (χ0v) is 11.9. The lowest BCUT2D eigenvalue weighted by Crippen LogP contribution is -2.32. The van der Waals surface area contributed by atoms with E-state index in [9.17, 15) is 4.79 Å². The van der Waals surface area contributed by atoms with E-state index in [1.165, 1.54) is 24.2 Å². The lowest BCUT2D eigenvalue weighted by atomic mass is 10.1. The summed E-state index contributed by atoms with van der Waals surface area (Å²) in [6, 6.07) is 3.91. The quantitative estimate of drug-likeness (QED) is 0.812. The van der Waals surface area contributed by atoms with Gasteiger partial charge >= 0.3 is 0 Å². The highest BCUT2D eigenvalue weighted by atomic mass is 32.1. The molecule has 1 saturated carbocycles. The van der Waals surface area contributed by atoms with E-state index in [0.717, 1.165) is 17.2 Å². The molecule has 0 bridgehead atoms. The van der Waals surface area contributed by atoms with Crippen molar-refractivity contribution in [3.63, 3.8) is 0 Å². The van der Waals surface area contributed by atoms with E-state index in [-0.39, 0.29) is 18.6 Å². The number of aliphatic hydroxyl groups excluding tert-OH is 1. The summed E-state index contributed by atoms with van der Waals surface area (Å²) in [4.78, 5) is 13.6. The second-order valence-corrected chi connectivity index (χ2v) is 6.08. The van der Waals surface area contributed by atoms with Gasteiger partial charge in [-0.25, -0.2) is 0 Å². The Hall–Kier alpha value is -1.31. The van der Waals surface area contributed by atoms with Crippen LogP contribution in [0.15, 0.2) is 12.1 Å². The van der Waals surface area contributed by atoms with Gasteiger partial charge in [0.2, 0.25) is 0 Å². The first kappa shape index (κ1) is 14.1. The molecule has 0 aliphatic heterocycles. The molecule has 0 aromatic carbocycles. The molecule has 0 spiro atoms. The van der Waals surface area contributed by atoms with E-state index in [1.54, 1.807) is 0 Å². The lowest BCUT2D eigenvalue weighted by Gasteiger charge is -2.12. The van der Waals surface area contributed by atoms with E-state index in [0.29, 0.717) is 11.3 Å². The van der Waals surface area contributed by atoms with Crippen LogP contribution in [-0.2, 0) is 0 Å². The van der Waals surface area contributed by atoms with Crippen LogP contribution in [0.4, 0.5) is 0 Å². The molecular weight excluding hydrogens is 258 g/mol. The van der Waals surface area contributed by atoms with Gasteiger partial charge in [0.15, 0.2) is 0 Å². The summed E-state index contributed by atoms with van der Waals surface area (Å²) >= 11 is 1.40. The fourth-order valence-electron chi connectivity index (χ4n) is 1.94. The van der Waals surface area contributed by atoms with E-state index in [1.807, 2.05) is 12.1 Å². The summed E-state index contributed by atoms with van der Waals surface area (Å²) in [5.41, 5.74) is 0. The third kappa shape index (κ3) is 4.70. The normalized spacial score (nSPS) is 15.5. The van der Waals surface area contributed by atoms with Gasteiger partial charge in [0.05, 0.1) is 16.4 Å². The van der Waals surface area contributed by atoms with Gasteiger partial charge in [-0.1, -0.05) is 24.7 Å². The topological polar surface area (TPSA) is 49.3 Å². The van der Waals surface area contributed by atoms with E-state index < -0.39 is 0 Å². The summed E-state index contributed by atoms with van der Waals surface area (Å²) in [7, 11) is 0. The number of hydrogen-bond donors (Lipinski definition) is 2. The molecule has 1 fully saturated rings. The van der Waals surface area contributed by atoms with Gasteiger partial charge in [-0.2, -0.15) is 0 Å². The standard InChI is InChI=1S/C15H19NO2S/c1-11(10-12-5-6-12)16-15(18)14-8-7-13(19-14)4-2-3-9-17/h7-8,11-12,17H,3,5-6,9-10H2,1H3,(H,16,18). The van der Waals surface area contributed by atoms with Crippen LogP contribution in [0.2, 0.25) is 0 Å². The first-order valence-corrected chi connectivity index (χ1v) is 7.51. The molecular formula is C15H19NO2S. The third-order valence-electron chi connectivity index (χ3n) is 3.04. The van der Waals surface area contributed by atoms with Crippen LogP contribution >= 0.6 is 11.3 Å². The fraction of sp³-hybridized carbons (Fsp3) is 0.533. The Morgan fingerprint density at radius 1 is 1.58 bits per heavy atom. The van der Waals surface area contributed by atoms with Gasteiger partial charge in [0, 0.05) is 12.5 Å². The molecule has 3 nitrogen and oxygen atoms in total. The van der Waals surface area contributed by atoms with Crippen molar-refractivity contribution in [2.24, 2.45) is 5.92 Å². The van der Waals surface area contributed by atoms with Crippen LogP contribution in [-0.4, -0.2) is 23.7 Å². The second kappa shape index (κ2) is 6.74. The van der Waals surface area contributed by atoms with Crippen LogP contribution in [0.25, 0.3) is 0 Å². The Labute approximate surface area is 118 Å². The Balaban J connectivity index is 1.86. The maximum atomic E-state index is 12.0. The lowest BCUT2D eigenvalue weighted by molar-refractivity contribution is 0.0941. The molecule has 1 heterocycles. The minimum absolute atomic E-state index is 0.00615. The van der Waals surface area contributed by atoms with Gasteiger partial charge in [0.25, 0.3) is 5.91 Å². The summed E-state index contributed by atoms with van der Waals surface area (Å²) < 4.78 is 0. The molecule has 102 valence electrons. The predicted molar refractivity (Wildman–Crippen MR) is 77.2 cm³/mol. The molecule has 0 radical (unpaired) electrons. The van der Waals surface area contributed by atoms with E-state index in [2.05, 4.69) is 24.1 Å². The van der Waals surface area contributed by atoms with Crippen molar-refractivity contribution in [2.75, 3.05) is 6.61 Å². The van der Waals surface area contributed by atoms with Crippen molar-refractivity contribution in [2.45, 2.75) is 38.6 Å². The summed E-state index contributed by atoms with van der Waals surface area (Å²) in [5, 5.41) is 11.7. The minimum Gasteiger partial charge on any atom is -0.395 e. The van der Waals surface area contributed by atoms with Crippen LogP contribution < -0.4 is 5.32 Å². The second-order valence-electron chi connectivity index (χ2n) is 4.99. The number of aliphatic hydroxyl groups is 1. The Kier molecular flexibility index (Phi) is 5.00. The number of nitrogens with one attached hydrogen (secondary N) is 1. The van der Waals surface area contributed by atoms with Crippen molar-refractivity contribution < 1.29 is 9.90 Å². The molecule has 1 amide bonds. The molecule has 1 aliphatic carbocycles. The van der Waals surface area contributed by atoms with Crippen molar-refractivity contribution in [3.8, 4) is 11.8 Å². The highest BCUT2D eigenvalue weighted by Gasteiger charge is 2.24.